The van der Waals surface area contributed by atoms with Crippen LogP contribution >= 0.6 is 12.4 Å². The van der Waals surface area contributed by atoms with Crippen molar-refractivity contribution in [1.29, 1.82) is 0 Å². The van der Waals surface area contributed by atoms with E-state index in [0.717, 1.165) is 29.9 Å². The molecule has 4 rings (SSSR count). The number of carbonyl (C=O) groups is 1. The molecule has 0 aliphatic carbocycles. The second kappa shape index (κ2) is 8.97. The Morgan fingerprint density at radius 2 is 2.07 bits per heavy atom. The topological polar surface area (TPSA) is 81.1 Å². The SMILES string of the molecule is Cc1cccc(-n2cc(C(=O)Nc3ccc(C4CNCCO4)cc3)nn2)c1.Cl. The van der Waals surface area contributed by atoms with E-state index in [9.17, 15) is 4.79 Å². The maximum Gasteiger partial charge on any atom is 0.277 e. The number of hydrogen-bond donors (Lipinski definition) is 2. The number of ether oxygens (including phenoxy) is 1. The monoisotopic (exact) mass is 399 g/mol. The number of nitrogens with one attached hydrogen (secondary N) is 2. The highest BCUT2D eigenvalue weighted by molar-refractivity contribution is 6.02. The first-order valence-corrected chi connectivity index (χ1v) is 8.92. The molecule has 2 N–H and O–H groups in total. The Morgan fingerprint density at radius 1 is 1.25 bits per heavy atom. The van der Waals surface area contributed by atoms with Gasteiger partial charge in [-0.15, -0.1) is 17.5 Å². The van der Waals surface area contributed by atoms with E-state index in [2.05, 4.69) is 20.9 Å². The number of anilines is 1. The Bertz CT molecular complexity index is 936. The van der Waals surface area contributed by atoms with Gasteiger partial charge < -0.3 is 15.4 Å². The summed E-state index contributed by atoms with van der Waals surface area (Å²) >= 11 is 0. The average molecular weight is 400 g/mol. The number of halogens is 1. The molecular weight excluding hydrogens is 378 g/mol. The van der Waals surface area contributed by atoms with Gasteiger partial charge in [-0.3, -0.25) is 4.79 Å². The predicted octanol–water partition coefficient (Wildman–Crippen LogP) is 2.91. The number of aryl methyl sites for hydroxylation is 1. The third-order valence-corrected chi connectivity index (χ3v) is 4.46. The lowest BCUT2D eigenvalue weighted by molar-refractivity contribution is 0.0277. The van der Waals surface area contributed by atoms with Crippen molar-refractivity contribution >= 4 is 24.0 Å². The number of hydrogen-bond acceptors (Lipinski definition) is 5. The third-order valence-electron chi connectivity index (χ3n) is 4.46. The molecule has 2 aromatic carbocycles. The number of benzene rings is 2. The van der Waals surface area contributed by atoms with E-state index < -0.39 is 0 Å². The predicted molar refractivity (Wildman–Crippen MR) is 109 cm³/mol. The maximum atomic E-state index is 12.5. The number of carbonyl (C=O) groups excluding carboxylic acids is 1. The lowest BCUT2D eigenvalue weighted by Gasteiger charge is -2.24. The van der Waals surface area contributed by atoms with Crippen LogP contribution < -0.4 is 10.6 Å². The summed E-state index contributed by atoms with van der Waals surface area (Å²) in [6.45, 7) is 4.40. The van der Waals surface area contributed by atoms with Crippen LogP contribution in [-0.2, 0) is 4.74 Å². The van der Waals surface area contributed by atoms with E-state index in [4.69, 9.17) is 4.74 Å². The first-order valence-electron chi connectivity index (χ1n) is 8.92. The van der Waals surface area contributed by atoms with Crippen LogP contribution in [0.15, 0.2) is 54.7 Å². The Balaban J connectivity index is 0.00000225. The zero-order chi connectivity index (χ0) is 18.6. The summed E-state index contributed by atoms with van der Waals surface area (Å²) in [5.74, 6) is -0.294. The highest BCUT2D eigenvalue weighted by atomic mass is 35.5. The number of amides is 1. The molecule has 1 fully saturated rings. The fourth-order valence-electron chi connectivity index (χ4n) is 3.02. The van der Waals surface area contributed by atoms with Crippen LogP contribution in [0.2, 0.25) is 0 Å². The van der Waals surface area contributed by atoms with Gasteiger partial charge in [0.05, 0.1) is 24.6 Å². The minimum atomic E-state index is -0.294. The van der Waals surface area contributed by atoms with Crippen LogP contribution in [0.1, 0.15) is 27.7 Å². The summed E-state index contributed by atoms with van der Waals surface area (Å²) in [5.41, 5.74) is 4.04. The quantitative estimate of drug-likeness (QED) is 0.705. The molecule has 0 spiro atoms. The molecule has 0 radical (unpaired) electrons. The van der Waals surface area contributed by atoms with E-state index in [0.29, 0.717) is 12.3 Å². The molecular formula is C20H22ClN5O2. The van der Waals surface area contributed by atoms with E-state index in [1.165, 1.54) is 0 Å². The second-order valence-corrected chi connectivity index (χ2v) is 6.53. The normalized spacial score (nSPS) is 16.2. The van der Waals surface area contributed by atoms with Gasteiger partial charge in [-0.25, -0.2) is 4.68 Å². The van der Waals surface area contributed by atoms with Crippen LogP contribution in [0.4, 0.5) is 5.69 Å². The molecule has 0 saturated carbocycles. The summed E-state index contributed by atoms with van der Waals surface area (Å²) in [6, 6.07) is 15.5. The Labute approximate surface area is 169 Å². The van der Waals surface area contributed by atoms with Crippen molar-refractivity contribution in [2.75, 3.05) is 25.0 Å². The highest BCUT2D eigenvalue weighted by Gasteiger charge is 2.16. The molecule has 2 heterocycles. The molecule has 1 unspecified atom stereocenters. The van der Waals surface area contributed by atoms with Gasteiger partial charge in [0, 0.05) is 18.8 Å². The first-order chi connectivity index (χ1) is 13.2. The van der Waals surface area contributed by atoms with Crippen LogP contribution in [-0.4, -0.2) is 40.6 Å². The van der Waals surface area contributed by atoms with Crippen LogP contribution in [0.25, 0.3) is 5.69 Å². The Morgan fingerprint density at radius 3 is 2.79 bits per heavy atom. The smallest absolute Gasteiger partial charge is 0.277 e. The molecule has 1 saturated heterocycles. The molecule has 1 aliphatic heterocycles. The summed E-state index contributed by atoms with van der Waals surface area (Å²) in [4.78, 5) is 12.5. The number of morpholine rings is 1. The fraction of sp³-hybridized carbons (Fsp3) is 0.250. The van der Waals surface area contributed by atoms with Crippen molar-refractivity contribution in [3.05, 3.63) is 71.5 Å². The summed E-state index contributed by atoms with van der Waals surface area (Å²) in [6.07, 6.45) is 1.68. The Hall–Kier alpha value is -2.74. The Kier molecular flexibility index (Phi) is 6.41. The van der Waals surface area contributed by atoms with Crippen molar-refractivity contribution < 1.29 is 9.53 Å². The van der Waals surface area contributed by atoms with E-state index in [1.807, 2.05) is 55.5 Å². The standard InChI is InChI=1S/C20H21N5O2.ClH/c1-14-3-2-4-17(11-14)25-13-18(23-24-25)20(26)22-16-7-5-15(6-8-16)19-12-21-9-10-27-19;/h2-8,11,13,19,21H,9-10,12H2,1H3,(H,22,26);1H. The average Bonchev–Trinajstić information content (AvgIpc) is 3.20. The van der Waals surface area contributed by atoms with Gasteiger partial charge in [0.25, 0.3) is 5.91 Å². The zero-order valence-electron chi connectivity index (χ0n) is 15.5. The van der Waals surface area contributed by atoms with Gasteiger partial charge in [0.1, 0.15) is 0 Å². The fourth-order valence-corrected chi connectivity index (χ4v) is 3.02. The summed E-state index contributed by atoms with van der Waals surface area (Å²) in [7, 11) is 0. The van der Waals surface area contributed by atoms with Gasteiger partial charge in [0.2, 0.25) is 0 Å². The first kappa shape index (κ1) is 20.0. The van der Waals surface area contributed by atoms with E-state index in [1.54, 1.807) is 10.9 Å². The van der Waals surface area contributed by atoms with E-state index in [-0.39, 0.29) is 30.1 Å². The van der Waals surface area contributed by atoms with Crippen LogP contribution in [0.5, 0.6) is 0 Å². The number of aromatic nitrogens is 3. The highest BCUT2D eigenvalue weighted by Crippen LogP contribution is 2.21. The molecule has 7 nitrogen and oxygen atoms in total. The van der Waals surface area contributed by atoms with Gasteiger partial charge in [0.15, 0.2) is 5.69 Å². The van der Waals surface area contributed by atoms with Crippen molar-refractivity contribution in [1.82, 2.24) is 20.3 Å². The molecule has 0 bridgehead atoms. The molecule has 28 heavy (non-hydrogen) atoms. The lowest BCUT2D eigenvalue weighted by atomic mass is 10.1. The number of nitrogens with zero attached hydrogens (tertiary/aromatic N) is 3. The van der Waals surface area contributed by atoms with E-state index >= 15 is 0 Å². The zero-order valence-corrected chi connectivity index (χ0v) is 16.3. The van der Waals surface area contributed by atoms with Crippen molar-refractivity contribution in [3.63, 3.8) is 0 Å². The molecule has 1 atom stereocenters. The van der Waals surface area contributed by atoms with Crippen molar-refractivity contribution in [2.24, 2.45) is 0 Å². The molecule has 146 valence electrons. The summed E-state index contributed by atoms with van der Waals surface area (Å²) in [5, 5.41) is 14.2. The number of rotatable bonds is 4. The molecule has 3 aromatic rings. The molecule has 1 aromatic heterocycles. The second-order valence-electron chi connectivity index (χ2n) is 6.53. The van der Waals surface area contributed by atoms with Gasteiger partial charge in [-0.1, -0.05) is 29.5 Å². The maximum absolute atomic E-state index is 12.5. The van der Waals surface area contributed by atoms with Crippen molar-refractivity contribution in [2.45, 2.75) is 13.0 Å². The molecule has 8 heteroatoms. The molecule has 1 aliphatic rings. The van der Waals surface area contributed by atoms with Gasteiger partial charge in [-0.2, -0.15) is 0 Å². The van der Waals surface area contributed by atoms with Crippen LogP contribution in [0, 0.1) is 6.92 Å². The van der Waals surface area contributed by atoms with Gasteiger partial charge in [-0.05, 0) is 42.3 Å². The van der Waals surface area contributed by atoms with Crippen LogP contribution in [0.3, 0.4) is 0 Å². The lowest BCUT2D eigenvalue weighted by Crippen LogP contribution is -2.33. The minimum Gasteiger partial charge on any atom is -0.371 e. The summed E-state index contributed by atoms with van der Waals surface area (Å²) < 4.78 is 7.33. The third kappa shape index (κ3) is 4.56. The van der Waals surface area contributed by atoms with Crippen molar-refractivity contribution in [3.8, 4) is 5.69 Å². The largest absolute Gasteiger partial charge is 0.371 e. The van der Waals surface area contributed by atoms with Gasteiger partial charge >= 0.3 is 0 Å². The molecule has 1 amide bonds. The minimum absolute atomic E-state index is 0.